The molecule has 4 nitrogen and oxygen atoms in total. The van der Waals surface area contributed by atoms with Crippen LogP contribution in [0.2, 0.25) is 0 Å². The second-order valence-corrected chi connectivity index (χ2v) is 6.63. The normalized spacial score (nSPS) is 11.7. The molecule has 0 saturated carbocycles. The van der Waals surface area contributed by atoms with Gasteiger partial charge >= 0.3 is 0 Å². The smallest absolute Gasteiger partial charge is 0.253 e. The highest BCUT2D eigenvalue weighted by atomic mass is 16.2. The van der Waals surface area contributed by atoms with Crippen molar-refractivity contribution in [3.63, 3.8) is 0 Å². The predicted molar refractivity (Wildman–Crippen MR) is 85.2 cm³/mol. The van der Waals surface area contributed by atoms with Gasteiger partial charge in [-0.25, -0.2) is 0 Å². The molecule has 1 N–H and O–H groups in total. The van der Waals surface area contributed by atoms with E-state index < -0.39 is 5.41 Å². The van der Waals surface area contributed by atoms with E-state index in [4.69, 9.17) is 0 Å². The fourth-order valence-corrected chi connectivity index (χ4v) is 2.38. The van der Waals surface area contributed by atoms with Gasteiger partial charge in [-0.05, 0) is 30.0 Å². The molecule has 21 heavy (non-hydrogen) atoms. The van der Waals surface area contributed by atoms with Gasteiger partial charge < -0.3 is 9.88 Å². The van der Waals surface area contributed by atoms with E-state index in [9.17, 15) is 9.59 Å². The van der Waals surface area contributed by atoms with Gasteiger partial charge in [-0.2, -0.15) is 0 Å². The summed E-state index contributed by atoms with van der Waals surface area (Å²) in [5.41, 5.74) is 1.95. The van der Waals surface area contributed by atoms with Gasteiger partial charge in [0.05, 0.1) is 6.54 Å². The molecule has 0 aliphatic heterocycles. The largest absolute Gasteiger partial charge is 0.341 e. The molecule has 0 aliphatic carbocycles. The molecule has 0 saturated heterocycles. The summed E-state index contributed by atoms with van der Waals surface area (Å²) in [6.45, 7) is 7.92. The van der Waals surface area contributed by atoms with Gasteiger partial charge in [-0.1, -0.05) is 32.9 Å². The minimum Gasteiger partial charge on any atom is -0.341 e. The summed E-state index contributed by atoms with van der Waals surface area (Å²) in [4.78, 5) is 28.9. The van der Waals surface area contributed by atoms with E-state index in [-0.39, 0.29) is 11.5 Å². The van der Waals surface area contributed by atoms with Crippen LogP contribution in [0.25, 0.3) is 10.9 Å². The molecule has 1 aromatic heterocycles. The Morgan fingerprint density at radius 1 is 1.24 bits per heavy atom. The summed E-state index contributed by atoms with van der Waals surface area (Å²) in [6, 6.07) is 7.80. The molecule has 0 fully saturated rings. The van der Waals surface area contributed by atoms with E-state index in [1.54, 1.807) is 11.9 Å². The highest BCUT2D eigenvalue weighted by Crippen LogP contribution is 2.18. The van der Waals surface area contributed by atoms with Crippen LogP contribution in [0.1, 0.15) is 31.9 Å². The number of fused-ring (bicyclic) bond motifs is 1. The van der Waals surface area contributed by atoms with E-state index in [0.717, 1.165) is 16.5 Å². The van der Waals surface area contributed by atoms with E-state index >= 15 is 0 Å². The monoisotopic (exact) mass is 286 g/mol. The van der Waals surface area contributed by atoms with Crippen molar-refractivity contribution in [2.24, 2.45) is 5.41 Å². The lowest BCUT2D eigenvalue weighted by Gasteiger charge is -2.25. The number of aryl methyl sites for hydroxylation is 1. The Kier molecular flexibility index (Phi) is 3.90. The third-order valence-corrected chi connectivity index (χ3v) is 3.47. The van der Waals surface area contributed by atoms with Crippen molar-refractivity contribution in [1.82, 2.24) is 9.88 Å². The molecule has 4 heteroatoms. The Labute approximate surface area is 124 Å². The zero-order chi connectivity index (χ0) is 15.8. The van der Waals surface area contributed by atoms with Crippen LogP contribution in [-0.4, -0.2) is 22.8 Å². The molecule has 2 rings (SSSR count). The molecule has 0 radical (unpaired) electrons. The molecule has 1 aromatic carbocycles. The summed E-state index contributed by atoms with van der Waals surface area (Å²) in [5.74, 6) is 0.0194. The highest BCUT2D eigenvalue weighted by molar-refractivity contribution is 5.82. The average molecular weight is 286 g/mol. The number of pyridine rings is 1. The quantitative estimate of drug-likeness (QED) is 0.923. The number of aromatic amines is 1. The van der Waals surface area contributed by atoms with Gasteiger partial charge in [0.2, 0.25) is 5.91 Å². The van der Waals surface area contributed by atoms with Crippen LogP contribution < -0.4 is 5.56 Å². The number of carbonyl (C=O) groups excluding carboxylic acids is 1. The average Bonchev–Trinajstić information content (AvgIpc) is 2.37. The van der Waals surface area contributed by atoms with Crippen molar-refractivity contribution >= 4 is 16.8 Å². The van der Waals surface area contributed by atoms with Gasteiger partial charge in [0.1, 0.15) is 0 Å². The Bertz CT molecular complexity index is 739. The van der Waals surface area contributed by atoms with Gasteiger partial charge in [0.15, 0.2) is 0 Å². The van der Waals surface area contributed by atoms with E-state index in [2.05, 4.69) is 4.98 Å². The number of nitrogens with zero attached hydrogens (tertiary/aromatic N) is 1. The van der Waals surface area contributed by atoms with Gasteiger partial charge in [-0.15, -0.1) is 0 Å². The summed E-state index contributed by atoms with van der Waals surface area (Å²) in [5, 5.41) is 0.979. The SMILES string of the molecule is Cc1ccc2cc(CN(C)C(=O)C(C)(C)C)c(=O)[nH]c2c1. The number of aromatic nitrogens is 1. The van der Waals surface area contributed by atoms with Crippen molar-refractivity contribution < 1.29 is 4.79 Å². The van der Waals surface area contributed by atoms with E-state index in [0.29, 0.717) is 12.1 Å². The first-order chi connectivity index (χ1) is 9.68. The van der Waals surface area contributed by atoms with Crippen molar-refractivity contribution in [3.05, 3.63) is 45.7 Å². The van der Waals surface area contributed by atoms with E-state index in [1.165, 1.54) is 0 Å². The van der Waals surface area contributed by atoms with Gasteiger partial charge in [0.25, 0.3) is 5.56 Å². The number of amides is 1. The third kappa shape index (κ3) is 3.32. The molecule has 1 amide bonds. The molecule has 0 bridgehead atoms. The van der Waals surface area contributed by atoms with Crippen molar-refractivity contribution in [3.8, 4) is 0 Å². The van der Waals surface area contributed by atoms with Gasteiger partial charge in [-0.3, -0.25) is 9.59 Å². The van der Waals surface area contributed by atoms with Crippen LogP contribution in [0.4, 0.5) is 0 Å². The van der Waals surface area contributed by atoms with E-state index in [1.807, 2.05) is 52.0 Å². The molecule has 0 atom stereocenters. The first kappa shape index (κ1) is 15.3. The summed E-state index contributed by atoms with van der Waals surface area (Å²) >= 11 is 0. The standard InChI is InChI=1S/C17H22N2O2/c1-11-6-7-12-9-13(15(20)18-14(12)8-11)10-19(5)16(21)17(2,3)4/h6-9H,10H2,1-5H3,(H,18,20). The second kappa shape index (κ2) is 5.35. The fourth-order valence-electron chi connectivity index (χ4n) is 2.38. The number of benzene rings is 1. The molecule has 1 heterocycles. The molecular formula is C17H22N2O2. The summed E-state index contributed by atoms with van der Waals surface area (Å²) in [6.07, 6.45) is 0. The van der Waals surface area contributed by atoms with Crippen LogP contribution in [0.15, 0.2) is 29.1 Å². The number of carbonyl (C=O) groups is 1. The van der Waals surface area contributed by atoms with Crippen molar-refractivity contribution in [2.45, 2.75) is 34.2 Å². The predicted octanol–water partition coefficient (Wildman–Crippen LogP) is 2.84. The number of hydrogen-bond donors (Lipinski definition) is 1. The minimum atomic E-state index is -0.449. The molecule has 112 valence electrons. The van der Waals surface area contributed by atoms with Crippen molar-refractivity contribution in [1.29, 1.82) is 0 Å². The van der Waals surface area contributed by atoms with Crippen LogP contribution in [0.5, 0.6) is 0 Å². The maximum atomic E-state index is 12.2. The Hall–Kier alpha value is -2.10. The summed E-state index contributed by atoms with van der Waals surface area (Å²) in [7, 11) is 1.73. The maximum absolute atomic E-state index is 12.2. The van der Waals surface area contributed by atoms with Crippen LogP contribution in [0.3, 0.4) is 0 Å². The third-order valence-electron chi connectivity index (χ3n) is 3.47. The number of nitrogens with one attached hydrogen (secondary N) is 1. The lowest BCUT2D eigenvalue weighted by molar-refractivity contribution is -0.138. The topological polar surface area (TPSA) is 53.2 Å². The Balaban J connectivity index is 2.35. The first-order valence-corrected chi connectivity index (χ1v) is 7.06. The number of H-pyrrole nitrogens is 1. The molecule has 0 unspecified atom stereocenters. The van der Waals surface area contributed by atoms with Crippen molar-refractivity contribution in [2.75, 3.05) is 7.05 Å². The fraction of sp³-hybridized carbons (Fsp3) is 0.412. The van der Waals surface area contributed by atoms with Crippen LogP contribution in [-0.2, 0) is 11.3 Å². The minimum absolute atomic E-state index is 0.0194. The molecule has 0 spiro atoms. The van der Waals surface area contributed by atoms with Gasteiger partial charge in [0, 0.05) is 23.5 Å². The molecular weight excluding hydrogens is 264 g/mol. The Morgan fingerprint density at radius 2 is 1.90 bits per heavy atom. The Morgan fingerprint density at radius 3 is 2.52 bits per heavy atom. The zero-order valence-corrected chi connectivity index (χ0v) is 13.3. The maximum Gasteiger partial charge on any atom is 0.253 e. The highest BCUT2D eigenvalue weighted by Gasteiger charge is 2.25. The summed E-state index contributed by atoms with van der Waals surface area (Å²) < 4.78 is 0. The lowest BCUT2D eigenvalue weighted by atomic mass is 9.95. The zero-order valence-electron chi connectivity index (χ0n) is 13.3. The second-order valence-electron chi connectivity index (χ2n) is 6.63. The lowest BCUT2D eigenvalue weighted by Crippen LogP contribution is -2.37. The molecule has 0 aliphatic rings. The number of hydrogen-bond acceptors (Lipinski definition) is 2. The van der Waals surface area contributed by atoms with Crippen LogP contribution in [0, 0.1) is 12.3 Å². The van der Waals surface area contributed by atoms with Crippen LogP contribution >= 0.6 is 0 Å². The molecule has 2 aromatic rings. The first-order valence-electron chi connectivity index (χ1n) is 7.06. The number of rotatable bonds is 2.